The molecule has 0 aliphatic carbocycles. The number of nitriles is 1. The van der Waals surface area contributed by atoms with E-state index in [4.69, 9.17) is 14.7 Å². The third-order valence-corrected chi connectivity index (χ3v) is 4.19. The summed E-state index contributed by atoms with van der Waals surface area (Å²) in [4.78, 5) is 25.8. The Balaban J connectivity index is 2.11. The van der Waals surface area contributed by atoms with Crippen LogP contribution >= 0.6 is 0 Å². The summed E-state index contributed by atoms with van der Waals surface area (Å²) in [5, 5.41) is 8.84. The molecule has 122 valence electrons. The molecule has 0 amide bonds. The van der Waals surface area contributed by atoms with E-state index in [-0.39, 0.29) is 17.9 Å². The fourth-order valence-corrected chi connectivity index (χ4v) is 2.88. The van der Waals surface area contributed by atoms with Gasteiger partial charge in [0.2, 0.25) is 0 Å². The number of ether oxygens (including phenoxy) is 2. The van der Waals surface area contributed by atoms with E-state index in [9.17, 15) is 9.59 Å². The first-order valence-electron chi connectivity index (χ1n) is 7.47. The van der Waals surface area contributed by atoms with E-state index in [1.165, 1.54) is 14.2 Å². The zero-order chi connectivity index (χ0) is 16.8. The number of rotatable bonds is 4. The number of esters is 2. The summed E-state index contributed by atoms with van der Waals surface area (Å²) in [5.74, 6) is -0.898. The van der Waals surface area contributed by atoms with E-state index in [2.05, 4.69) is 6.07 Å². The van der Waals surface area contributed by atoms with E-state index in [1.54, 1.807) is 12.1 Å². The van der Waals surface area contributed by atoms with Gasteiger partial charge in [0, 0.05) is 13.1 Å². The molecule has 0 saturated carbocycles. The fourth-order valence-electron chi connectivity index (χ4n) is 2.88. The summed E-state index contributed by atoms with van der Waals surface area (Å²) in [7, 11) is 2.71. The van der Waals surface area contributed by atoms with Gasteiger partial charge in [0.25, 0.3) is 0 Å². The monoisotopic (exact) mass is 316 g/mol. The van der Waals surface area contributed by atoms with E-state index in [0.29, 0.717) is 31.5 Å². The second kappa shape index (κ2) is 7.75. The largest absolute Gasteiger partial charge is 0.469 e. The number of hydrogen-bond acceptors (Lipinski definition) is 6. The van der Waals surface area contributed by atoms with Gasteiger partial charge in [-0.15, -0.1) is 0 Å². The topological polar surface area (TPSA) is 79.6 Å². The summed E-state index contributed by atoms with van der Waals surface area (Å²) >= 11 is 0. The molecule has 1 aliphatic heterocycles. The Hall–Kier alpha value is -2.39. The predicted molar refractivity (Wildman–Crippen MR) is 82.1 cm³/mol. The molecule has 0 bridgehead atoms. The summed E-state index contributed by atoms with van der Waals surface area (Å²) in [6, 6.07) is 8.87. The summed E-state index contributed by atoms with van der Waals surface area (Å²) < 4.78 is 9.67. The number of hydrogen-bond donors (Lipinski definition) is 0. The van der Waals surface area contributed by atoms with Crippen LogP contribution in [0.3, 0.4) is 0 Å². The van der Waals surface area contributed by atoms with E-state index >= 15 is 0 Å². The average Bonchev–Trinajstić information content (AvgIpc) is 2.61. The molecule has 0 N–H and O–H groups in total. The molecule has 1 aromatic rings. The smallest absolute Gasteiger partial charge is 0.323 e. The molecule has 1 aliphatic rings. The predicted octanol–water partition coefficient (Wildman–Crippen LogP) is 1.48. The van der Waals surface area contributed by atoms with Crippen LogP contribution in [-0.2, 0) is 25.6 Å². The molecule has 0 aromatic heterocycles. The first-order valence-corrected chi connectivity index (χ1v) is 7.47. The van der Waals surface area contributed by atoms with Gasteiger partial charge < -0.3 is 9.47 Å². The molecular weight excluding hydrogens is 296 g/mol. The molecule has 0 unspecified atom stereocenters. The third kappa shape index (κ3) is 4.08. The zero-order valence-corrected chi connectivity index (χ0v) is 13.3. The van der Waals surface area contributed by atoms with Crippen LogP contribution in [0.2, 0.25) is 0 Å². The maximum atomic E-state index is 12.1. The van der Waals surface area contributed by atoms with Crippen molar-refractivity contribution in [3.63, 3.8) is 0 Å². The van der Waals surface area contributed by atoms with Crippen molar-refractivity contribution in [1.29, 1.82) is 5.26 Å². The summed E-state index contributed by atoms with van der Waals surface area (Å²) in [6.45, 7) is 1.18. The van der Waals surface area contributed by atoms with Crippen molar-refractivity contribution in [1.82, 2.24) is 4.90 Å². The lowest BCUT2D eigenvalue weighted by Crippen LogP contribution is -2.48. The lowest BCUT2D eigenvalue weighted by Gasteiger charge is -2.36. The molecule has 1 saturated heterocycles. The molecule has 1 heterocycles. The van der Waals surface area contributed by atoms with Gasteiger partial charge in [-0.1, -0.05) is 12.1 Å². The first kappa shape index (κ1) is 17.0. The standard InChI is InChI=1S/C17H20N2O4/c1-22-16(20)14-7-8-19(15(9-14)17(21)23-2)11-13-5-3-12(10-18)4-6-13/h3-6,14-15H,7-9,11H2,1-2H3/t14-,15-/m0/s1. The molecule has 1 aromatic carbocycles. The lowest BCUT2D eigenvalue weighted by molar-refractivity contribution is -0.154. The maximum Gasteiger partial charge on any atom is 0.323 e. The Morgan fingerprint density at radius 3 is 2.43 bits per heavy atom. The second-order valence-electron chi connectivity index (χ2n) is 5.56. The van der Waals surface area contributed by atoms with E-state index < -0.39 is 6.04 Å². The average molecular weight is 316 g/mol. The van der Waals surface area contributed by atoms with Crippen LogP contribution in [0.15, 0.2) is 24.3 Å². The van der Waals surface area contributed by atoms with Gasteiger partial charge in [0.1, 0.15) is 6.04 Å². The molecule has 2 rings (SSSR count). The normalized spacial score (nSPS) is 21.3. The van der Waals surface area contributed by atoms with Crippen molar-refractivity contribution >= 4 is 11.9 Å². The van der Waals surface area contributed by atoms with Crippen LogP contribution in [0.1, 0.15) is 24.0 Å². The fraction of sp³-hybridized carbons (Fsp3) is 0.471. The first-order chi connectivity index (χ1) is 11.1. The van der Waals surface area contributed by atoms with E-state index in [1.807, 2.05) is 17.0 Å². The van der Waals surface area contributed by atoms with Crippen molar-refractivity contribution in [3.05, 3.63) is 35.4 Å². The third-order valence-electron chi connectivity index (χ3n) is 4.19. The Bertz CT molecular complexity index is 606. The summed E-state index contributed by atoms with van der Waals surface area (Å²) in [5.41, 5.74) is 1.61. The zero-order valence-electron chi connectivity index (χ0n) is 13.3. The molecule has 6 nitrogen and oxygen atoms in total. The number of likely N-dealkylation sites (tertiary alicyclic amines) is 1. The molecule has 0 radical (unpaired) electrons. The second-order valence-corrected chi connectivity index (χ2v) is 5.56. The van der Waals surface area contributed by atoms with E-state index in [0.717, 1.165) is 5.56 Å². The summed E-state index contributed by atoms with van der Waals surface area (Å²) in [6.07, 6.45) is 1.05. The van der Waals surface area contributed by atoms with Crippen LogP contribution in [0.5, 0.6) is 0 Å². The molecule has 1 fully saturated rings. The number of carbonyl (C=O) groups excluding carboxylic acids is 2. The van der Waals surface area contributed by atoms with Crippen molar-refractivity contribution in [2.24, 2.45) is 5.92 Å². The highest BCUT2D eigenvalue weighted by Gasteiger charge is 2.37. The molecular formula is C17H20N2O4. The molecule has 2 atom stereocenters. The van der Waals surface area contributed by atoms with Gasteiger partial charge in [-0.3, -0.25) is 14.5 Å². The van der Waals surface area contributed by atoms with Gasteiger partial charge in [0.15, 0.2) is 0 Å². The highest BCUT2D eigenvalue weighted by Crippen LogP contribution is 2.26. The van der Waals surface area contributed by atoms with Crippen molar-refractivity contribution in [2.75, 3.05) is 20.8 Å². The Morgan fingerprint density at radius 2 is 1.87 bits per heavy atom. The number of nitrogens with zero attached hydrogens (tertiary/aromatic N) is 2. The van der Waals surface area contributed by atoms with Crippen LogP contribution in [-0.4, -0.2) is 43.6 Å². The molecule has 6 heteroatoms. The minimum absolute atomic E-state index is 0.277. The van der Waals surface area contributed by atoms with Gasteiger partial charge in [0.05, 0.1) is 31.8 Å². The Morgan fingerprint density at radius 1 is 1.22 bits per heavy atom. The van der Waals surface area contributed by atoms with Gasteiger partial charge in [-0.2, -0.15) is 5.26 Å². The number of benzene rings is 1. The highest BCUT2D eigenvalue weighted by atomic mass is 16.5. The minimum atomic E-state index is -0.464. The number of carbonyl (C=O) groups is 2. The number of methoxy groups -OCH3 is 2. The van der Waals surface area contributed by atoms with Gasteiger partial charge in [-0.25, -0.2) is 0 Å². The van der Waals surface area contributed by atoms with Crippen molar-refractivity contribution in [2.45, 2.75) is 25.4 Å². The van der Waals surface area contributed by atoms with Crippen LogP contribution in [0, 0.1) is 17.2 Å². The minimum Gasteiger partial charge on any atom is -0.469 e. The van der Waals surface area contributed by atoms with Crippen molar-refractivity contribution < 1.29 is 19.1 Å². The quantitative estimate of drug-likeness (QED) is 0.783. The Labute approximate surface area is 135 Å². The lowest BCUT2D eigenvalue weighted by atomic mass is 9.90. The van der Waals surface area contributed by atoms with Gasteiger partial charge >= 0.3 is 11.9 Å². The Kier molecular flexibility index (Phi) is 5.72. The SMILES string of the molecule is COC(=O)[C@H]1CCN(Cc2ccc(C#N)cc2)[C@H](C(=O)OC)C1. The van der Waals surface area contributed by atoms with Crippen LogP contribution in [0.4, 0.5) is 0 Å². The maximum absolute atomic E-state index is 12.1. The number of piperidine rings is 1. The highest BCUT2D eigenvalue weighted by molar-refractivity contribution is 5.78. The molecule has 23 heavy (non-hydrogen) atoms. The van der Waals surface area contributed by atoms with Crippen molar-refractivity contribution in [3.8, 4) is 6.07 Å². The van der Waals surface area contributed by atoms with Gasteiger partial charge in [-0.05, 0) is 30.5 Å². The molecule has 0 spiro atoms. The van der Waals surface area contributed by atoms with Crippen LogP contribution < -0.4 is 0 Å². The van der Waals surface area contributed by atoms with Crippen LogP contribution in [0.25, 0.3) is 0 Å².